The Kier molecular flexibility index (Phi) is 7.79. The molecule has 0 aliphatic rings. The zero-order valence-electron chi connectivity index (χ0n) is 17.3. The number of esters is 1. The van der Waals surface area contributed by atoms with Crippen molar-refractivity contribution >= 4 is 17.6 Å². The summed E-state index contributed by atoms with van der Waals surface area (Å²) in [6.45, 7) is 7.31. The molecule has 6 heteroatoms. The molecule has 0 unspecified atom stereocenters. The summed E-state index contributed by atoms with van der Waals surface area (Å²) in [6.07, 6.45) is 0.183. The van der Waals surface area contributed by atoms with Crippen molar-refractivity contribution in [2.45, 2.75) is 34.1 Å². The van der Waals surface area contributed by atoms with Gasteiger partial charge in [-0.3, -0.25) is 4.79 Å². The Hall–Kier alpha value is -3.33. The van der Waals surface area contributed by atoms with Crippen molar-refractivity contribution in [1.29, 1.82) is 5.26 Å². The van der Waals surface area contributed by atoms with Crippen molar-refractivity contribution in [1.82, 2.24) is 0 Å². The Labute approximate surface area is 171 Å². The highest BCUT2D eigenvalue weighted by molar-refractivity contribution is 5.95. The van der Waals surface area contributed by atoms with Gasteiger partial charge in [0.2, 0.25) is 0 Å². The summed E-state index contributed by atoms with van der Waals surface area (Å²) in [5.74, 6) is -0.431. The number of benzene rings is 2. The highest BCUT2D eigenvalue weighted by Crippen LogP contribution is 2.20. The predicted octanol–water partition coefficient (Wildman–Crippen LogP) is 3.79. The van der Waals surface area contributed by atoms with Gasteiger partial charge in [0, 0.05) is 12.2 Å². The van der Waals surface area contributed by atoms with Gasteiger partial charge < -0.3 is 14.4 Å². The minimum atomic E-state index is -0.627. The molecule has 0 saturated carbocycles. The number of hydrogen-bond donors (Lipinski definition) is 0. The van der Waals surface area contributed by atoms with Crippen LogP contribution in [0.3, 0.4) is 0 Å². The van der Waals surface area contributed by atoms with Gasteiger partial charge in [0.15, 0.2) is 13.2 Å². The molecule has 29 heavy (non-hydrogen) atoms. The maximum Gasteiger partial charge on any atom is 0.344 e. The van der Waals surface area contributed by atoms with Crippen LogP contribution in [0.4, 0.5) is 5.69 Å². The number of aryl methyl sites for hydroxylation is 4. The van der Waals surface area contributed by atoms with Crippen LogP contribution >= 0.6 is 0 Å². The molecule has 0 aliphatic carbocycles. The summed E-state index contributed by atoms with van der Waals surface area (Å²) < 4.78 is 10.6. The van der Waals surface area contributed by atoms with Crippen molar-refractivity contribution in [3.05, 3.63) is 58.7 Å². The smallest absolute Gasteiger partial charge is 0.344 e. The van der Waals surface area contributed by atoms with Gasteiger partial charge in [-0.05, 0) is 74.2 Å². The van der Waals surface area contributed by atoms with E-state index in [1.165, 1.54) is 4.90 Å². The molecule has 0 N–H and O–H groups in total. The van der Waals surface area contributed by atoms with Crippen LogP contribution in [0.15, 0.2) is 36.4 Å². The molecular formula is C23H26N2O4. The minimum absolute atomic E-state index is 0.183. The van der Waals surface area contributed by atoms with E-state index in [1.54, 1.807) is 0 Å². The topological polar surface area (TPSA) is 79.6 Å². The second-order valence-corrected chi connectivity index (χ2v) is 7.07. The van der Waals surface area contributed by atoms with Crippen molar-refractivity contribution in [3.8, 4) is 11.8 Å². The van der Waals surface area contributed by atoms with Crippen LogP contribution in [0.5, 0.6) is 5.75 Å². The molecule has 0 fully saturated rings. The predicted molar refractivity (Wildman–Crippen MR) is 111 cm³/mol. The monoisotopic (exact) mass is 394 g/mol. The quantitative estimate of drug-likeness (QED) is 0.637. The largest absolute Gasteiger partial charge is 0.482 e. The second kappa shape index (κ2) is 10.3. The molecule has 152 valence electrons. The number of ether oxygens (including phenoxy) is 2. The lowest BCUT2D eigenvalue weighted by molar-refractivity contribution is -0.149. The number of nitrogens with zero attached hydrogens (tertiary/aromatic N) is 2. The van der Waals surface area contributed by atoms with Gasteiger partial charge in [-0.25, -0.2) is 4.79 Å². The number of carbonyl (C=O) groups is 2. The fourth-order valence-corrected chi connectivity index (χ4v) is 3.09. The zero-order valence-corrected chi connectivity index (χ0v) is 17.3. The molecule has 2 aromatic carbocycles. The number of hydrogen-bond acceptors (Lipinski definition) is 5. The number of anilines is 1. The maximum absolute atomic E-state index is 12.6. The van der Waals surface area contributed by atoms with Crippen LogP contribution in [-0.4, -0.2) is 31.6 Å². The van der Waals surface area contributed by atoms with Crippen LogP contribution in [0.2, 0.25) is 0 Å². The third-order valence-electron chi connectivity index (χ3n) is 4.17. The van der Waals surface area contributed by atoms with Gasteiger partial charge in [0.1, 0.15) is 5.75 Å². The van der Waals surface area contributed by atoms with Crippen LogP contribution in [0.25, 0.3) is 0 Å². The molecule has 0 aliphatic heterocycles. The lowest BCUT2D eigenvalue weighted by Crippen LogP contribution is -2.36. The first kappa shape index (κ1) is 22.0. The van der Waals surface area contributed by atoms with Crippen LogP contribution < -0.4 is 9.64 Å². The molecule has 0 heterocycles. The average Bonchev–Trinajstić information content (AvgIpc) is 2.63. The summed E-state index contributed by atoms with van der Waals surface area (Å²) in [6, 6.07) is 13.4. The first-order valence-electron chi connectivity index (χ1n) is 9.41. The van der Waals surface area contributed by atoms with E-state index in [2.05, 4.69) is 0 Å². The van der Waals surface area contributed by atoms with Gasteiger partial charge in [0.25, 0.3) is 5.91 Å². The SMILES string of the molecule is Cc1cc(C)cc(OCC(=O)OCC(=O)N(CCC#N)c2cc(C)cc(C)c2)c1. The molecule has 0 bridgehead atoms. The van der Waals surface area contributed by atoms with E-state index < -0.39 is 12.6 Å². The van der Waals surface area contributed by atoms with Crippen molar-refractivity contribution < 1.29 is 19.1 Å². The second-order valence-electron chi connectivity index (χ2n) is 7.07. The number of rotatable bonds is 8. The summed E-state index contributed by atoms with van der Waals surface area (Å²) in [5, 5.41) is 8.90. The van der Waals surface area contributed by atoms with E-state index >= 15 is 0 Å². The Bertz CT molecular complexity index is 890. The highest BCUT2D eigenvalue weighted by atomic mass is 16.6. The Balaban J connectivity index is 1.96. The third kappa shape index (κ3) is 6.96. The van der Waals surface area contributed by atoms with E-state index in [-0.39, 0.29) is 25.5 Å². The minimum Gasteiger partial charge on any atom is -0.482 e. The normalized spacial score (nSPS) is 10.2. The summed E-state index contributed by atoms with van der Waals surface area (Å²) >= 11 is 0. The molecule has 0 aromatic heterocycles. The molecule has 1 amide bonds. The van der Waals surface area contributed by atoms with Crippen molar-refractivity contribution in [3.63, 3.8) is 0 Å². The number of carbonyl (C=O) groups excluding carboxylic acids is 2. The molecule has 0 saturated heterocycles. The van der Waals surface area contributed by atoms with Crippen molar-refractivity contribution in [2.24, 2.45) is 0 Å². The molecule has 0 spiro atoms. The fraction of sp³-hybridized carbons (Fsp3) is 0.348. The molecule has 6 nitrogen and oxygen atoms in total. The summed E-state index contributed by atoms with van der Waals surface area (Å²) in [7, 11) is 0. The lowest BCUT2D eigenvalue weighted by atomic mass is 10.1. The molecule has 2 rings (SSSR count). The Morgan fingerprint density at radius 3 is 2.00 bits per heavy atom. The number of nitriles is 1. The van der Waals surface area contributed by atoms with Gasteiger partial charge in [0.05, 0.1) is 12.5 Å². The maximum atomic E-state index is 12.6. The lowest BCUT2D eigenvalue weighted by Gasteiger charge is -2.22. The van der Waals surface area contributed by atoms with E-state index in [9.17, 15) is 9.59 Å². The van der Waals surface area contributed by atoms with E-state index in [4.69, 9.17) is 14.7 Å². The molecule has 0 radical (unpaired) electrons. The van der Waals surface area contributed by atoms with Crippen LogP contribution in [0.1, 0.15) is 28.7 Å². The summed E-state index contributed by atoms with van der Waals surface area (Å²) in [5.41, 5.74) is 4.77. The van der Waals surface area contributed by atoms with Gasteiger partial charge >= 0.3 is 5.97 Å². The van der Waals surface area contributed by atoms with Gasteiger partial charge in [-0.15, -0.1) is 0 Å². The summed E-state index contributed by atoms with van der Waals surface area (Å²) in [4.78, 5) is 26.1. The number of amides is 1. The molecular weight excluding hydrogens is 368 g/mol. The fourth-order valence-electron chi connectivity index (χ4n) is 3.09. The Morgan fingerprint density at radius 2 is 1.45 bits per heavy atom. The Morgan fingerprint density at radius 1 is 0.897 bits per heavy atom. The van der Waals surface area contributed by atoms with Gasteiger partial charge in [-0.2, -0.15) is 5.26 Å². The molecule has 2 aromatic rings. The standard InChI is InChI=1S/C23H26N2O4/c1-16-8-17(2)11-20(10-16)25(7-5-6-24)22(26)14-29-23(27)15-28-21-12-18(3)9-19(4)13-21/h8-13H,5,7,14-15H2,1-4H3. The van der Waals surface area contributed by atoms with Crippen molar-refractivity contribution in [2.75, 3.05) is 24.7 Å². The first-order chi connectivity index (χ1) is 13.8. The van der Waals surface area contributed by atoms with E-state index in [0.717, 1.165) is 22.3 Å². The van der Waals surface area contributed by atoms with Crippen LogP contribution in [-0.2, 0) is 14.3 Å². The van der Waals surface area contributed by atoms with Gasteiger partial charge in [-0.1, -0.05) is 12.1 Å². The van der Waals surface area contributed by atoms with E-state index in [1.807, 2.05) is 70.2 Å². The molecule has 0 atom stereocenters. The average molecular weight is 394 g/mol. The zero-order chi connectivity index (χ0) is 21.4. The third-order valence-corrected chi connectivity index (χ3v) is 4.17. The van der Waals surface area contributed by atoms with Crippen LogP contribution in [0, 0.1) is 39.0 Å². The first-order valence-corrected chi connectivity index (χ1v) is 9.41. The highest BCUT2D eigenvalue weighted by Gasteiger charge is 2.18. The van der Waals surface area contributed by atoms with E-state index in [0.29, 0.717) is 11.4 Å².